The van der Waals surface area contributed by atoms with Crippen LogP contribution < -0.4 is 16.4 Å². The summed E-state index contributed by atoms with van der Waals surface area (Å²) in [7, 11) is 0. The molecule has 0 saturated heterocycles. The molecule has 1 amide bonds. The Labute approximate surface area is 114 Å². The quantitative estimate of drug-likeness (QED) is 0.565. The fraction of sp³-hybridized carbons (Fsp3) is 0.500. The number of nitrogens with one attached hydrogen (secondary N) is 2. The van der Waals surface area contributed by atoms with Crippen LogP contribution in [0.15, 0.2) is 24.3 Å². The fourth-order valence-corrected chi connectivity index (χ4v) is 1.47. The van der Waals surface area contributed by atoms with E-state index in [4.69, 9.17) is 10.5 Å². The van der Waals surface area contributed by atoms with E-state index in [2.05, 4.69) is 10.6 Å². The number of anilines is 2. The molecule has 0 saturated carbocycles. The molecule has 0 heterocycles. The molecule has 1 aromatic rings. The maximum Gasteiger partial charge on any atom is 0.407 e. The van der Waals surface area contributed by atoms with Crippen LogP contribution in [-0.4, -0.2) is 24.8 Å². The van der Waals surface area contributed by atoms with Crippen molar-refractivity contribution >= 4 is 17.5 Å². The Kier molecular flexibility index (Phi) is 5.48. The summed E-state index contributed by atoms with van der Waals surface area (Å²) < 4.78 is 5.13. The lowest BCUT2D eigenvalue weighted by atomic mass is 10.2. The van der Waals surface area contributed by atoms with E-state index in [1.807, 2.05) is 45.0 Å². The number of nitrogen functional groups attached to an aromatic ring is 1. The number of carbonyl (C=O) groups excluding carboxylic acids is 1. The van der Waals surface area contributed by atoms with E-state index in [0.717, 1.165) is 24.3 Å². The maximum absolute atomic E-state index is 11.4. The molecule has 0 atom stereocenters. The second-order valence-electron chi connectivity index (χ2n) is 5.33. The first-order chi connectivity index (χ1) is 8.87. The SMILES string of the molecule is CC(C)(C)OC(=O)NCCCNc1cccc(N)c1. The zero-order valence-corrected chi connectivity index (χ0v) is 11.8. The number of ether oxygens (including phenoxy) is 1. The molecule has 0 spiro atoms. The Morgan fingerprint density at radius 1 is 1.32 bits per heavy atom. The van der Waals surface area contributed by atoms with Crippen LogP contribution in [0.4, 0.5) is 16.2 Å². The van der Waals surface area contributed by atoms with Gasteiger partial charge in [-0.1, -0.05) is 6.07 Å². The Morgan fingerprint density at radius 3 is 2.68 bits per heavy atom. The number of rotatable bonds is 5. The first kappa shape index (κ1) is 15.1. The van der Waals surface area contributed by atoms with Gasteiger partial charge in [-0.25, -0.2) is 4.79 Å². The van der Waals surface area contributed by atoms with E-state index in [0.29, 0.717) is 6.54 Å². The van der Waals surface area contributed by atoms with Crippen molar-refractivity contribution in [3.8, 4) is 0 Å². The first-order valence-electron chi connectivity index (χ1n) is 6.43. The first-order valence-corrected chi connectivity index (χ1v) is 6.43. The number of hydrogen-bond donors (Lipinski definition) is 3. The van der Waals surface area contributed by atoms with Gasteiger partial charge in [0, 0.05) is 24.5 Å². The van der Waals surface area contributed by atoms with Crippen LogP contribution in [0.1, 0.15) is 27.2 Å². The van der Waals surface area contributed by atoms with Gasteiger partial charge in [-0.05, 0) is 45.4 Å². The van der Waals surface area contributed by atoms with Crippen molar-refractivity contribution in [3.05, 3.63) is 24.3 Å². The van der Waals surface area contributed by atoms with Crippen molar-refractivity contribution in [1.29, 1.82) is 0 Å². The van der Waals surface area contributed by atoms with Crippen molar-refractivity contribution in [3.63, 3.8) is 0 Å². The smallest absolute Gasteiger partial charge is 0.407 e. The van der Waals surface area contributed by atoms with E-state index in [1.54, 1.807) is 0 Å². The molecule has 106 valence electrons. The van der Waals surface area contributed by atoms with Crippen molar-refractivity contribution in [1.82, 2.24) is 5.32 Å². The predicted octanol–water partition coefficient (Wildman–Crippen LogP) is 2.60. The van der Waals surface area contributed by atoms with Gasteiger partial charge in [0.05, 0.1) is 0 Å². The number of benzene rings is 1. The normalized spacial score (nSPS) is 10.9. The molecule has 1 aromatic carbocycles. The lowest BCUT2D eigenvalue weighted by molar-refractivity contribution is 0.0528. The lowest BCUT2D eigenvalue weighted by Gasteiger charge is -2.19. The maximum atomic E-state index is 11.4. The highest BCUT2D eigenvalue weighted by Gasteiger charge is 2.15. The monoisotopic (exact) mass is 265 g/mol. The summed E-state index contributed by atoms with van der Waals surface area (Å²) >= 11 is 0. The number of amides is 1. The molecule has 0 bridgehead atoms. The summed E-state index contributed by atoms with van der Waals surface area (Å²) in [6, 6.07) is 7.57. The second-order valence-corrected chi connectivity index (χ2v) is 5.33. The highest BCUT2D eigenvalue weighted by atomic mass is 16.6. The Morgan fingerprint density at radius 2 is 2.05 bits per heavy atom. The van der Waals surface area contributed by atoms with Gasteiger partial charge in [0.2, 0.25) is 0 Å². The Hall–Kier alpha value is -1.91. The molecule has 0 fully saturated rings. The number of hydrogen-bond acceptors (Lipinski definition) is 4. The molecule has 19 heavy (non-hydrogen) atoms. The molecular formula is C14H23N3O2. The predicted molar refractivity (Wildman–Crippen MR) is 78.2 cm³/mol. The third-order valence-electron chi connectivity index (χ3n) is 2.24. The van der Waals surface area contributed by atoms with E-state index in [9.17, 15) is 4.79 Å². The molecule has 4 N–H and O–H groups in total. The van der Waals surface area contributed by atoms with Crippen molar-refractivity contribution in [2.24, 2.45) is 0 Å². The molecule has 1 rings (SSSR count). The van der Waals surface area contributed by atoms with E-state index >= 15 is 0 Å². The third-order valence-corrected chi connectivity index (χ3v) is 2.24. The van der Waals surface area contributed by atoms with Gasteiger partial charge in [-0.3, -0.25) is 0 Å². The van der Waals surface area contributed by atoms with E-state index in [1.165, 1.54) is 0 Å². The van der Waals surface area contributed by atoms with Crippen LogP contribution in [0.5, 0.6) is 0 Å². The summed E-state index contributed by atoms with van der Waals surface area (Å²) in [6.07, 6.45) is 0.435. The molecule has 0 aromatic heterocycles. The highest BCUT2D eigenvalue weighted by Crippen LogP contribution is 2.11. The van der Waals surface area contributed by atoms with Gasteiger partial charge in [0.1, 0.15) is 5.60 Å². The van der Waals surface area contributed by atoms with Gasteiger partial charge in [-0.2, -0.15) is 0 Å². The van der Waals surface area contributed by atoms with Crippen LogP contribution in [-0.2, 0) is 4.74 Å². The number of carbonyl (C=O) groups is 1. The zero-order chi connectivity index (χ0) is 14.3. The summed E-state index contributed by atoms with van der Waals surface area (Å²) in [6.45, 7) is 6.86. The summed E-state index contributed by atoms with van der Waals surface area (Å²) in [4.78, 5) is 11.4. The molecule has 5 heteroatoms. The summed E-state index contributed by atoms with van der Waals surface area (Å²) in [5, 5.41) is 5.95. The minimum absolute atomic E-state index is 0.378. The van der Waals surface area contributed by atoms with Gasteiger partial charge in [0.15, 0.2) is 0 Å². The van der Waals surface area contributed by atoms with Crippen LogP contribution in [0.25, 0.3) is 0 Å². The topological polar surface area (TPSA) is 76.4 Å². The molecular weight excluding hydrogens is 242 g/mol. The van der Waals surface area contributed by atoms with Crippen molar-refractivity contribution in [2.45, 2.75) is 32.8 Å². The zero-order valence-electron chi connectivity index (χ0n) is 11.8. The fourth-order valence-electron chi connectivity index (χ4n) is 1.47. The largest absolute Gasteiger partial charge is 0.444 e. The van der Waals surface area contributed by atoms with E-state index < -0.39 is 5.60 Å². The number of alkyl carbamates (subject to hydrolysis) is 1. The average Bonchev–Trinajstić information content (AvgIpc) is 2.26. The summed E-state index contributed by atoms with van der Waals surface area (Å²) in [5.74, 6) is 0. The second kappa shape index (κ2) is 6.87. The molecule has 0 aliphatic heterocycles. The van der Waals surface area contributed by atoms with Gasteiger partial charge in [0.25, 0.3) is 0 Å². The Balaban J connectivity index is 2.13. The van der Waals surface area contributed by atoms with Crippen LogP contribution in [0.3, 0.4) is 0 Å². The van der Waals surface area contributed by atoms with Gasteiger partial charge >= 0.3 is 6.09 Å². The van der Waals surface area contributed by atoms with Crippen LogP contribution >= 0.6 is 0 Å². The van der Waals surface area contributed by atoms with Crippen LogP contribution in [0.2, 0.25) is 0 Å². The molecule has 0 unspecified atom stereocenters. The molecule has 0 aliphatic carbocycles. The molecule has 5 nitrogen and oxygen atoms in total. The van der Waals surface area contributed by atoms with E-state index in [-0.39, 0.29) is 6.09 Å². The van der Waals surface area contributed by atoms with Crippen molar-refractivity contribution in [2.75, 3.05) is 24.1 Å². The lowest BCUT2D eigenvalue weighted by Crippen LogP contribution is -2.33. The highest BCUT2D eigenvalue weighted by molar-refractivity contribution is 5.67. The Bertz CT molecular complexity index is 413. The number of nitrogens with two attached hydrogens (primary N) is 1. The summed E-state index contributed by atoms with van der Waals surface area (Å²) in [5.41, 5.74) is 6.94. The third kappa shape index (κ3) is 7.18. The van der Waals surface area contributed by atoms with Gasteiger partial charge in [-0.15, -0.1) is 0 Å². The van der Waals surface area contributed by atoms with Crippen molar-refractivity contribution < 1.29 is 9.53 Å². The molecule has 0 radical (unpaired) electrons. The minimum atomic E-state index is -0.454. The van der Waals surface area contributed by atoms with Crippen LogP contribution in [0, 0.1) is 0 Å². The van der Waals surface area contributed by atoms with Gasteiger partial charge < -0.3 is 21.1 Å². The molecule has 0 aliphatic rings. The standard InChI is InChI=1S/C14H23N3O2/c1-14(2,3)19-13(18)17-9-5-8-16-12-7-4-6-11(15)10-12/h4,6-7,10,16H,5,8-9,15H2,1-3H3,(H,17,18). The minimum Gasteiger partial charge on any atom is -0.444 e. The average molecular weight is 265 g/mol.